The minimum absolute atomic E-state index is 0.00231. The molecule has 0 atom stereocenters. The van der Waals surface area contributed by atoms with Gasteiger partial charge in [-0.25, -0.2) is 0 Å². The summed E-state index contributed by atoms with van der Waals surface area (Å²) in [5.41, 5.74) is -0.668. The predicted octanol–water partition coefficient (Wildman–Crippen LogP) is 1.74. The molecule has 0 saturated carbocycles. The Bertz CT molecular complexity index is 323. The van der Waals surface area contributed by atoms with Gasteiger partial charge >= 0.3 is 0 Å². The maximum atomic E-state index is 8.52. The van der Waals surface area contributed by atoms with Crippen LogP contribution < -0.4 is 0 Å². The highest BCUT2D eigenvalue weighted by Gasteiger charge is 2.15. The Hall–Kier alpha value is -1.92. The molecule has 0 aromatic heterocycles. The van der Waals surface area contributed by atoms with Gasteiger partial charge in [0.25, 0.3) is 0 Å². The summed E-state index contributed by atoms with van der Waals surface area (Å²) in [4.78, 5) is 0. The molecule has 13 heavy (non-hydrogen) atoms. The number of nitriles is 2. The van der Waals surface area contributed by atoms with E-state index in [9.17, 15) is 0 Å². The quantitative estimate of drug-likeness (QED) is 0.345. The number of hydrogen-bond acceptors (Lipinski definition) is 3. The maximum Gasteiger partial charge on any atom is 0.199 e. The summed E-state index contributed by atoms with van der Waals surface area (Å²) >= 11 is 0. The lowest BCUT2D eigenvalue weighted by Crippen LogP contribution is -2.18. The Morgan fingerprint density at radius 3 is 1.92 bits per heavy atom. The van der Waals surface area contributed by atoms with E-state index < -0.39 is 5.60 Å². The number of hydrogen-bond donors (Lipinski definition) is 0. The van der Waals surface area contributed by atoms with Crippen LogP contribution in [0.2, 0.25) is 0 Å². The van der Waals surface area contributed by atoms with Crippen LogP contribution in [0.25, 0.3) is 0 Å². The fourth-order valence-electron chi connectivity index (χ4n) is 0.585. The summed E-state index contributed by atoms with van der Waals surface area (Å²) in [6.07, 6.45) is 5.10. The number of terminal acetylenes is 1. The van der Waals surface area contributed by atoms with Gasteiger partial charge in [-0.1, -0.05) is 0 Å². The van der Waals surface area contributed by atoms with Crippen LogP contribution in [0.15, 0.2) is 11.3 Å². The second-order valence-electron chi connectivity index (χ2n) is 3.29. The molecule has 0 heterocycles. The monoisotopic (exact) mass is 174 g/mol. The van der Waals surface area contributed by atoms with Gasteiger partial charge in [0.1, 0.15) is 17.7 Å². The second-order valence-corrected chi connectivity index (χ2v) is 3.29. The van der Waals surface area contributed by atoms with E-state index in [1.54, 1.807) is 32.9 Å². The third-order valence-corrected chi connectivity index (χ3v) is 0.990. The van der Waals surface area contributed by atoms with E-state index in [4.69, 9.17) is 21.7 Å². The molecule has 0 aliphatic heterocycles. The van der Waals surface area contributed by atoms with E-state index in [0.717, 1.165) is 0 Å². The minimum Gasteiger partial charge on any atom is -0.478 e. The molecule has 0 spiro atoms. The molecule has 66 valence electrons. The van der Waals surface area contributed by atoms with Gasteiger partial charge < -0.3 is 4.74 Å². The van der Waals surface area contributed by atoms with Crippen molar-refractivity contribution in [2.45, 2.75) is 26.4 Å². The summed E-state index contributed by atoms with van der Waals surface area (Å²) in [7, 11) is 0. The first-order chi connectivity index (χ1) is 5.94. The van der Waals surface area contributed by atoms with Gasteiger partial charge in [-0.05, 0) is 26.7 Å². The van der Waals surface area contributed by atoms with Crippen molar-refractivity contribution in [1.82, 2.24) is 0 Å². The van der Waals surface area contributed by atoms with Gasteiger partial charge in [0.2, 0.25) is 0 Å². The zero-order valence-corrected chi connectivity index (χ0v) is 7.88. The van der Waals surface area contributed by atoms with Crippen molar-refractivity contribution in [3.05, 3.63) is 11.3 Å². The van der Waals surface area contributed by atoms with Gasteiger partial charge in [-0.2, -0.15) is 10.5 Å². The fourth-order valence-corrected chi connectivity index (χ4v) is 0.585. The minimum atomic E-state index is -0.499. The molecule has 0 aliphatic rings. The van der Waals surface area contributed by atoms with E-state index in [1.165, 1.54) is 0 Å². The Morgan fingerprint density at radius 1 is 1.23 bits per heavy atom. The van der Waals surface area contributed by atoms with Crippen molar-refractivity contribution < 1.29 is 4.74 Å². The Balaban J connectivity index is 4.99. The average molecular weight is 174 g/mol. The van der Waals surface area contributed by atoms with Gasteiger partial charge in [0.15, 0.2) is 11.3 Å². The van der Waals surface area contributed by atoms with Crippen LogP contribution in [0.4, 0.5) is 0 Å². The lowest BCUT2D eigenvalue weighted by Gasteiger charge is -2.20. The summed E-state index contributed by atoms with van der Waals surface area (Å²) in [5.74, 6) is 2.17. The third-order valence-electron chi connectivity index (χ3n) is 0.990. The first-order valence-electron chi connectivity index (χ1n) is 3.64. The summed E-state index contributed by atoms with van der Waals surface area (Å²) in [5, 5.41) is 17.0. The first-order valence-corrected chi connectivity index (χ1v) is 3.64. The molecule has 0 aromatic rings. The normalized spacial score (nSPS) is 8.92. The van der Waals surface area contributed by atoms with Crippen LogP contribution in [0, 0.1) is 35.0 Å². The molecule has 0 aromatic carbocycles. The van der Waals surface area contributed by atoms with E-state index in [2.05, 4.69) is 5.92 Å². The van der Waals surface area contributed by atoms with Crippen molar-refractivity contribution in [2.24, 2.45) is 0 Å². The van der Waals surface area contributed by atoms with Crippen LogP contribution in [-0.4, -0.2) is 5.60 Å². The lowest BCUT2D eigenvalue weighted by molar-refractivity contribution is 0.0614. The molecule has 0 bridgehead atoms. The third kappa shape index (κ3) is 3.85. The molecule has 0 N–H and O–H groups in total. The predicted molar refractivity (Wildman–Crippen MR) is 47.9 cm³/mol. The number of ether oxygens (including phenoxy) is 1. The Morgan fingerprint density at radius 2 is 1.69 bits per heavy atom. The molecule has 3 nitrogen and oxygen atoms in total. The number of allylic oxidation sites excluding steroid dienone is 2. The van der Waals surface area contributed by atoms with Crippen LogP contribution in [0.1, 0.15) is 20.8 Å². The molecular weight excluding hydrogens is 164 g/mol. The van der Waals surface area contributed by atoms with Crippen LogP contribution in [0.3, 0.4) is 0 Å². The van der Waals surface area contributed by atoms with E-state index in [-0.39, 0.29) is 11.3 Å². The van der Waals surface area contributed by atoms with Crippen molar-refractivity contribution >= 4 is 0 Å². The highest BCUT2D eigenvalue weighted by Crippen LogP contribution is 2.15. The molecule has 0 rings (SSSR count). The smallest absolute Gasteiger partial charge is 0.199 e. The topological polar surface area (TPSA) is 56.8 Å². The van der Waals surface area contributed by atoms with Crippen LogP contribution in [-0.2, 0) is 4.74 Å². The molecule has 0 radical (unpaired) electrons. The van der Waals surface area contributed by atoms with Crippen molar-refractivity contribution in [3.63, 3.8) is 0 Å². The summed E-state index contributed by atoms with van der Waals surface area (Å²) < 4.78 is 5.23. The maximum absolute atomic E-state index is 8.52. The Kier molecular flexibility index (Phi) is 3.57. The largest absolute Gasteiger partial charge is 0.478 e. The molecule has 0 amide bonds. The highest BCUT2D eigenvalue weighted by molar-refractivity contribution is 5.44. The average Bonchev–Trinajstić information content (AvgIpc) is 2.02. The van der Waals surface area contributed by atoms with Gasteiger partial charge in [-0.3, -0.25) is 0 Å². The number of nitrogens with zero attached hydrogens (tertiary/aromatic N) is 2. The SMILES string of the molecule is C#CC(OC(C)(C)C)=C(C#N)C#N. The molecule has 0 fully saturated rings. The second kappa shape index (κ2) is 4.19. The number of rotatable bonds is 1. The standard InChI is InChI=1S/C10H10N2O/c1-5-9(8(6-11)7-12)13-10(2,3)4/h1H,2-4H3. The van der Waals surface area contributed by atoms with Crippen molar-refractivity contribution in [3.8, 4) is 24.5 Å². The van der Waals surface area contributed by atoms with Crippen LogP contribution in [0.5, 0.6) is 0 Å². The van der Waals surface area contributed by atoms with Gasteiger partial charge in [0.05, 0.1) is 0 Å². The molecule has 0 saturated heterocycles. The highest BCUT2D eigenvalue weighted by atomic mass is 16.5. The zero-order chi connectivity index (χ0) is 10.5. The van der Waals surface area contributed by atoms with E-state index in [0.29, 0.717) is 0 Å². The molecule has 0 unspecified atom stereocenters. The summed E-state index contributed by atoms with van der Waals surface area (Å²) in [6, 6.07) is 3.35. The molecule has 3 heteroatoms. The molecule has 0 aliphatic carbocycles. The van der Waals surface area contributed by atoms with Gasteiger partial charge in [-0.15, -0.1) is 6.42 Å². The zero-order valence-electron chi connectivity index (χ0n) is 7.88. The van der Waals surface area contributed by atoms with E-state index >= 15 is 0 Å². The first kappa shape index (κ1) is 11.1. The Labute approximate surface area is 78.2 Å². The van der Waals surface area contributed by atoms with Crippen LogP contribution >= 0.6 is 0 Å². The van der Waals surface area contributed by atoms with Crippen molar-refractivity contribution in [2.75, 3.05) is 0 Å². The molecular formula is C10H10N2O. The summed E-state index contributed by atoms with van der Waals surface area (Å²) in [6.45, 7) is 5.37. The van der Waals surface area contributed by atoms with Crippen molar-refractivity contribution in [1.29, 1.82) is 10.5 Å². The lowest BCUT2D eigenvalue weighted by atomic mass is 10.2. The van der Waals surface area contributed by atoms with Gasteiger partial charge in [0, 0.05) is 0 Å². The van der Waals surface area contributed by atoms with E-state index in [1.807, 2.05) is 0 Å². The fraction of sp³-hybridized carbons (Fsp3) is 0.400.